The van der Waals surface area contributed by atoms with Gasteiger partial charge in [0.1, 0.15) is 0 Å². The number of para-hydroxylation sites is 1. The van der Waals surface area contributed by atoms with Crippen LogP contribution < -0.4 is 15.1 Å². The topological polar surface area (TPSA) is 79.7 Å². The van der Waals surface area contributed by atoms with Gasteiger partial charge in [-0.3, -0.25) is 14.5 Å². The number of carbonyl (C=O) groups is 2. The van der Waals surface area contributed by atoms with Crippen LogP contribution in [0.4, 0.5) is 11.4 Å². The van der Waals surface area contributed by atoms with Gasteiger partial charge in [0.25, 0.3) is 0 Å². The third kappa shape index (κ3) is 7.89. The largest absolute Gasteiger partial charge is 0.369 e. The molecule has 1 saturated heterocycles. The van der Waals surface area contributed by atoms with Crippen LogP contribution in [0.25, 0.3) is 0 Å². The number of rotatable bonds is 11. The second-order valence-corrected chi connectivity index (χ2v) is 8.66. The minimum Gasteiger partial charge on any atom is -0.369 e. The smallest absolute Gasteiger partial charge is 0.227 e. The Labute approximate surface area is 203 Å². The van der Waals surface area contributed by atoms with Gasteiger partial charge in [-0.1, -0.05) is 30.3 Å². The number of hydrogen-bond acceptors (Lipinski definition) is 5. The lowest BCUT2D eigenvalue weighted by Gasteiger charge is -2.36. The third-order valence-electron chi connectivity index (χ3n) is 6.09. The number of nitrogens with zero attached hydrogens (tertiary/aromatic N) is 4. The first kappa shape index (κ1) is 25.3. The van der Waals surface area contributed by atoms with E-state index in [1.807, 2.05) is 30.3 Å². The predicted molar refractivity (Wildman–Crippen MR) is 136 cm³/mol. The Kier molecular flexibility index (Phi) is 9.93. The van der Waals surface area contributed by atoms with Crippen molar-refractivity contribution < 1.29 is 9.59 Å². The Balaban J connectivity index is 1.32. The Hall–Kier alpha value is -3.37. The van der Waals surface area contributed by atoms with Gasteiger partial charge in [0, 0.05) is 63.5 Å². The van der Waals surface area contributed by atoms with Crippen LogP contribution in [0.5, 0.6) is 0 Å². The molecule has 7 nitrogen and oxygen atoms in total. The molecule has 180 valence electrons. The molecule has 1 heterocycles. The molecule has 0 saturated carbocycles. The molecule has 2 aromatic rings. The molecule has 2 aromatic carbocycles. The Morgan fingerprint density at radius 1 is 1.03 bits per heavy atom. The minimum absolute atomic E-state index is 0.106. The Morgan fingerprint density at radius 3 is 2.50 bits per heavy atom. The number of hydrogen-bond donors (Lipinski definition) is 1. The molecule has 0 bridgehead atoms. The molecule has 1 aliphatic heterocycles. The molecule has 2 amide bonds. The average molecular weight is 462 g/mol. The summed E-state index contributed by atoms with van der Waals surface area (Å²) in [6.45, 7) is 8.10. The van der Waals surface area contributed by atoms with Crippen LogP contribution in [0, 0.1) is 18.3 Å². The van der Waals surface area contributed by atoms with Crippen LogP contribution in [0.2, 0.25) is 0 Å². The summed E-state index contributed by atoms with van der Waals surface area (Å²) < 4.78 is 0. The minimum atomic E-state index is -0.136. The van der Waals surface area contributed by atoms with Crippen LogP contribution >= 0.6 is 0 Å². The highest BCUT2D eigenvalue weighted by Crippen LogP contribution is 2.18. The fourth-order valence-electron chi connectivity index (χ4n) is 4.20. The summed E-state index contributed by atoms with van der Waals surface area (Å²) in [6, 6.07) is 20.0. The molecule has 0 spiro atoms. The van der Waals surface area contributed by atoms with Crippen molar-refractivity contribution in [2.45, 2.75) is 32.6 Å². The molecule has 3 rings (SSSR count). The van der Waals surface area contributed by atoms with E-state index in [0.717, 1.165) is 44.8 Å². The summed E-state index contributed by atoms with van der Waals surface area (Å²) in [6.07, 6.45) is 1.44. The summed E-state index contributed by atoms with van der Waals surface area (Å²) in [5.41, 5.74) is 3.33. The van der Waals surface area contributed by atoms with E-state index in [4.69, 9.17) is 5.26 Å². The standard InChI is InChI=1S/C27H35N5O2/c1-23-8-5-11-25(22-23)31-20-18-30(19-21-31)16-7-15-29-26(33)12-13-27(34)32(17-6-14-28)24-9-3-2-4-10-24/h2-5,8-11,22H,6-7,12-13,15-21H2,1H3,(H,29,33). The SMILES string of the molecule is Cc1cccc(N2CCN(CCCNC(=O)CCC(=O)N(CCC#N)c3ccccc3)CC2)c1. The molecule has 1 fully saturated rings. The van der Waals surface area contributed by atoms with E-state index in [-0.39, 0.29) is 31.1 Å². The number of amides is 2. The molecule has 1 aliphatic rings. The second kappa shape index (κ2) is 13.4. The number of benzene rings is 2. The fourth-order valence-corrected chi connectivity index (χ4v) is 4.20. The van der Waals surface area contributed by atoms with Gasteiger partial charge in [0.15, 0.2) is 0 Å². The van der Waals surface area contributed by atoms with Gasteiger partial charge in [-0.2, -0.15) is 5.26 Å². The van der Waals surface area contributed by atoms with E-state index in [0.29, 0.717) is 13.1 Å². The van der Waals surface area contributed by atoms with E-state index in [9.17, 15) is 9.59 Å². The fraction of sp³-hybridized carbons (Fsp3) is 0.444. The van der Waals surface area contributed by atoms with Crippen LogP contribution in [0.1, 0.15) is 31.2 Å². The molecular formula is C27H35N5O2. The van der Waals surface area contributed by atoms with Crippen molar-refractivity contribution in [1.29, 1.82) is 5.26 Å². The molecule has 0 aromatic heterocycles. The summed E-state index contributed by atoms with van der Waals surface area (Å²) in [5, 5.41) is 11.8. The quantitative estimate of drug-likeness (QED) is 0.519. The number of piperazine rings is 1. The first-order valence-corrected chi connectivity index (χ1v) is 12.1. The number of nitrogens with one attached hydrogen (secondary N) is 1. The lowest BCUT2D eigenvalue weighted by atomic mass is 10.2. The number of aryl methyl sites for hydroxylation is 1. The zero-order valence-electron chi connectivity index (χ0n) is 20.1. The second-order valence-electron chi connectivity index (χ2n) is 8.66. The average Bonchev–Trinajstić information content (AvgIpc) is 2.86. The summed E-state index contributed by atoms with van der Waals surface area (Å²) in [4.78, 5) is 31.4. The van der Waals surface area contributed by atoms with E-state index >= 15 is 0 Å². The number of nitriles is 1. The van der Waals surface area contributed by atoms with E-state index in [1.54, 1.807) is 4.90 Å². The van der Waals surface area contributed by atoms with Gasteiger partial charge >= 0.3 is 0 Å². The van der Waals surface area contributed by atoms with Crippen molar-refractivity contribution in [3.8, 4) is 6.07 Å². The van der Waals surface area contributed by atoms with Crippen LogP contribution in [0.3, 0.4) is 0 Å². The molecule has 1 N–H and O–H groups in total. The summed E-state index contributed by atoms with van der Waals surface area (Å²) in [5.74, 6) is -0.242. The molecular weight excluding hydrogens is 426 g/mol. The number of anilines is 2. The van der Waals surface area contributed by atoms with E-state index < -0.39 is 0 Å². The molecule has 0 aliphatic carbocycles. The molecule has 0 radical (unpaired) electrons. The van der Waals surface area contributed by atoms with Gasteiger partial charge in [0.2, 0.25) is 11.8 Å². The van der Waals surface area contributed by atoms with Crippen LogP contribution in [-0.4, -0.2) is 62.5 Å². The highest BCUT2D eigenvalue weighted by molar-refractivity contribution is 5.95. The van der Waals surface area contributed by atoms with Gasteiger partial charge in [-0.05, 0) is 49.7 Å². The first-order valence-electron chi connectivity index (χ1n) is 12.1. The summed E-state index contributed by atoms with van der Waals surface area (Å²) in [7, 11) is 0. The van der Waals surface area contributed by atoms with Gasteiger partial charge in [0.05, 0.1) is 12.5 Å². The zero-order chi connectivity index (χ0) is 24.2. The van der Waals surface area contributed by atoms with E-state index in [1.165, 1.54) is 11.3 Å². The highest BCUT2D eigenvalue weighted by atomic mass is 16.2. The normalized spacial score (nSPS) is 13.8. The van der Waals surface area contributed by atoms with Crippen molar-refractivity contribution in [3.05, 3.63) is 60.2 Å². The van der Waals surface area contributed by atoms with Crippen molar-refractivity contribution >= 4 is 23.2 Å². The Bertz CT molecular complexity index is 964. The molecule has 7 heteroatoms. The lowest BCUT2D eigenvalue weighted by Crippen LogP contribution is -2.47. The van der Waals surface area contributed by atoms with Crippen LogP contribution in [-0.2, 0) is 9.59 Å². The van der Waals surface area contributed by atoms with Gasteiger partial charge in [-0.15, -0.1) is 0 Å². The third-order valence-corrected chi connectivity index (χ3v) is 6.09. The predicted octanol–water partition coefficient (Wildman–Crippen LogP) is 3.35. The Morgan fingerprint density at radius 2 is 1.79 bits per heavy atom. The summed E-state index contributed by atoms with van der Waals surface area (Å²) >= 11 is 0. The molecule has 0 atom stereocenters. The van der Waals surface area contributed by atoms with Crippen molar-refractivity contribution in [1.82, 2.24) is 10.2 Å². The molecule has 0 unspecified atom stereocenters. The zero-order valence-corrected chi connectivity index (χ0v) is 20.1. The number of carbonyl (C=O) groups excluding carboxylic acids is 2. The lowest BCUT2D eigenvalue weighted by molar-refractivity contribution is -0.125. The monoisotopic (exact) mass is 461 g/mol. The van der Waals surface area contributed by atoms with Crippen molar-refractivity contribution in [3.63, 3.8) is 0 Å². The molecule has 34 heavy (non-hydrogen) atoms. The maximum Gasteiger partial charge on any atom is 0.227 e. The van der Waals surface area contributed by atoms with Crippen LogP contribution in [0.15, 0.2) is 54.6 Å². The van der Waals surface area contributed by atoms with Crippen molar-refractivity contribution in [2.24, 2.45) is 0 Å². The van der Waals surface area contributed by atoms with Gasteiger partial charge < -0.3 is 15.1 Å². The maximum absolute atomic E-state index is 12.7. The first-order chi connectivity index (χ1) is 16.6. The maximum atomic E-state index is 12.7. The highest BCUT2D eigenvalue weighted by Gasteiger charge is 2.18. The van der Waals surface area contributed by atoms with Crippen molar-refractivity contribution in [2.75, 3.05) is 55.6 Å². The van der Waals surface area contributed by atoms with E-state index in [2.05, 4.69) is 52.4 Å². The van der Waals surface area contributed by atoms with Gasteiger partial charge in [-0.25, -0.2) is 0 Å².